The van der Waals surface area contributed by atoms with Gasteiger partial charge in [-0.1, -0.05) is 6.92 Å². The first-order chi connectivity index (χ1) is 9.10. The lowest BCUT2D eigenvalue weighted by Crippen LogP contribution is -2.42. The van der Waals surface area contributed by atoms with Crippen LogP contribution in [-0.2, 0) is 9.05 Å². The molecule has 0 saturated heterocycles. The zero-order chi connectivity index (χ0) is 15.6. The molecule has 0 saturated carbocycles. The van der Waals surface area contributed by atoms with Crippen LogP contribution in [-0.4, -0.2) is 27.0 Å². The van der Waals surface area contributed by atoms with E-state index in [9.17, 15) is 13.2 Å². The van der Waals surface area contributed by atoms with E-state index in [2.05, 4.69) is 5.32 Å². The lowest BCUT2D eigenvalue weighted by atomic mass is 10.0. The normalized spacial score (nSPS) is 12.1. The topological polar surface area (TPSA) is 72.5 Å². The van der Waals surface area contributed by atoms with Gasteiger partial charge in [0.1, 0.15) is 10.6 Å². The van der Waals surface area contributed by atoms with Gasteiger partial charge in [-0.25, -0.2) is 8.42 Å². The van der Waals surface area contributed by atoms with Crippen molar-refractivity contribution in [1.29, 1.82) is 0 Å². The molecule has 0 aliphatic rings. The van der Waals surface area contributed by atoms with Crippen molar-refractivity contribution in [2.75, 3.05) is 7.11 Å². The summed E-state index contributed by atoms with van der Waals surface area (Å²) in [6, 6.07) is 4.11. The molecule has 0 aliphatic heterocycles. The van der Waals surface area contributed by atoms with Crippen LogP contribution in [0.1, 0.15) is 37.6 Å². The predicted molar refractivity (Wildman–Crippen MR) is 77.9 cm³/mol. The molecule has 0 spiro atoms. The van der Waals surface area contributed by atoms with Crippen LogP contribution in [0.15, 0.2) is 23.1 Å². The zero-order valence-electron chi connectivity index (χ0n) is 11.9. The second-order valence-electron chi connectivity index (χ2n) is 5.00. The SMILES string of the molecule is CCC(C)(C)NC(=O)c1ccc(OC)c(S(=O)(=O)Cl)c1. The fourth-order valence-electron chi connectivity index (χ4n) is 1.48. The number of ether oxygens (including phenoxy) is 1. The Kier molecular flexibility index (Phi) is 5.05. The van der Waals surface area contributed by atoms with E-state index >= 15 is 0 Å². The fraction of sp³-hybridized carbons (Fsp3) is 0.462. The summed E-state index contributed by atoms with van der Waals surface area (Å²) in [4.78, 5) is 11.9. The summed E-state index contributed by atoms with van der Waals surface area (Å²) in [5.74, 6) is -0.257. The fourth-order valence-corrected chi connectivity index (χ4v) is 2.50. The average molecular weight is 320 g/mol. The maximum absolute atomic E-state index is 12.1. The maximum Gasteiger partial charge on any atom is 0.265 e. The van der Waals surface area contributed by atoms with Gasteiger partial charge in [-0.2, -0.15) is 0 Å². The highest BCUT2D eigenvalue weighted by atomic mass is 35.7. The van der Waals surface area contributed by atoms with Crippen molar-refractivity contribution in [3.05, 3.63) is 23.8 Å². The molecule has 7 heteroatoms. The maximum atomic E-state index is 12.1. The number of rotatable bonds is 5. The molecule has 5 nitrogen and oxygen atoms in total. The number of hydrogen-bond acceptors (Lipinski definition) is 4. The van der Waals surface area contributed by atoms with Gasteiger partial charge in [-0.15, -0.1) is 0 Å². The molecule has 0 aromatic heterocycles. The van der Waals surface area contributed by atoms with Gasteiger partial charge < -0.3 is 10.1 Å². The molecule has 1 rings (SSSR count). The quantitative estimate of drug-likeness (QED) is 0.846. The zero-order valence-corrected chi connectivity index (χ0v) is 13.4. The molecular formula is C13H18ClNO4S. The van der Waals surface area contributed by atoms with Gasteiger partial charge in [-0.05, 0) is 38.5 Å². The lowest BCUT2D eigenvalue weighted by Gasteiger charge is -2.24. The predicted octanol–water partition coefficient (Wildman–Crippen LogP) is 2.54. The van der Waals surface area contributed by atoms with Crippen molar-refractivity contribution >= 4 is 25.6 Å². The third kappa shape index (κ3) is 4.11. The first-order valence-corrected chi connectivity index (χ1v) is 8.37. The van der Waals surface area contributed by atoms with Crippen molar-refractivity contribution < 1.29 is 17.9 Å². The Hall–Kier alpha value is -1.27. The molecule has 0 aliphatic carbocycles. The Bertz CT molecular complexity index is 611. The van der Waals surface area contributed by atoms with E-state index in [0.29, 0.717) is 0 Å². The molecule has 0 fully saturated rings. The number of hydrogen-bond donors (Lipinski definition) is 1. The van der Waals surface area contributed by atoms with Gasteiger partial charge in [0, 0.05) is 21.8 Å². The van der Waals surface area contributed by atoms with Gasteiger partial charge in [0.2, 0.25) is 0 Å². The monoisotopic (exact) mass is 319 g/mol. The molecule has 1 amide bonds. The minimum atomic E-state index is -3.98. The van der Waals surface area contributed by atoms with E-state index in [1.165, 1.54) is 25.3 Å². The van der Waals surface area contributed by atoms with Crippen LogP contribution >= 0.6 is 10.7 Å². The number of carbonyl (C=O) groups is 1. The van der Waals surface area contributed by atoms with Crippen molar-refractivity contribution in [2.45, 2.75) is 37.6 Å². The van der Waals surface area contributed by atoms with Gasteiger partial charge in [-0.3, -0.25) is 4.79 Å². The number of nitrogens with one attached hydrogen (secondary N) is 1. The molecule has 0 atom stereocenters. The minimum absolute atomic E-state index is 0.103. The number of amides is 1. The van der Waals surface area contributed by atoms with Crippen LogP contribution in [0.2, 0.25) is 0 Å². The number of carbonyl (C=O) groups excluding carboxylic acids is 1. The highest BCUT2D eigenvalue weighted by molar-refractivity contribution is 8.13. The van der Waals surface area contributed by atoms with Crippen molar-refractivity contribution in [2.24, 2.45) is 0 Å². The summed E-state index contributed by atoms with van der Waals surface area (Å²) in [5.41, 5.74) is -0.164. The molecule has 0 radical (unpaired) electrons. The van der Waals surface area contributed by atoms with Gasteiger partial charge in [0.05, 0.1) is 7.11 Å². The van der Waals surface area contributed by atoms with Crippen LogP contribution in [0.25, 0.3) is 0 Å². The number of halogens is 1. The van der Waals surface area contributed by atoms with Crippen LogP contribution in [0.3, 0.4) is 0 Å². The molecule has 0 heterocycles. The van der Waals surface area contributed by atoms with Crippen LogP contribution in [0.4, 0.5) is 0 Å². The van der Waals surface area contributed by atoms with E-state index in [4.69, 9.17) is 15.4 Å². The van der Waals surface area contributed by atoms with Gasteiger partial charge in [0.15, 0.2) is 0 Å². The standard InChI is InChI=1S/C13H18ClNO4S/c1-5-13(2,3)15-12(16)9-6-7-10(19-4)11(8-9)20(14,17)18/h6-8H,5H2,1-4H3,(H,15,16). The Balaban J connectivity index is 3.19. The minimum Gasteiger partial charge on any atom is -0.495 e. The first kappa shape index (κ1) is 16.8. The van der Waals surface area contributed by atoms with Crippen LogP contribution in [0.5, 0.6) is 5.75 Å². The third-order valence-corrected chi connectivity index (χ3v) is 4.37. The number of benzene rings is 1. The molecule has 0 bridgehead atoms. The summed E-state index contributed by atoms with van der Waals surface area (Å²) < 4.78 is 27.9. The summed E-state index contributed by atoms with van der Waals surface area (Å²) >= 11 is 0. The molecule has 1 aromatic rings. The summed E-state index contributed by atoms with van der Waals surface area (Å²) in [5, 5.41) is 2.82. The van der Waals surface area contributed by atoms with Crippen LogP contribution in [0, 0.1) is 0 Å². The Morgan fingerprint density at radius 1 is 1.40 bits per heavy atom. The highest BCUT2D eigenvalue weighted by Crippen LogP contribution is 2.28. The van der Waals surface area contributed by atoms with Gasteiger partial charge >= 0.3 is 0 Å². The molecule has 112 valence electrons. The lowest BCUT2D eigenvalue weighted by molar-refractivity contribution is 0.0911. The largest absolute Gasteiger partial charge is 0.495 e. The molecule has 0 unspecified atom stereocenters. The first-order valence-electron chi connectivity index (χ1n) is 6.06. The van der Waals surface area contributed by atoms with E-state index in [1.807, 2.05) is 20.8 Å². The van der Waals surface area contributed by atoms with E-state index in [1.54, 1.807) is 0 Å². The molecule has 1 N–H and O–H groups in total. The van der Waals surface area contributed by atoms with Gasteiger partial charge in [0.25, 0.3) is 15.0 Å². The van der Waals surface area contributed by atoms with Crippen LogP contribution < -0.4 is 10.1 Å². The van der Waals surface area contributed by atoms with E-state index < -0.39 is 9.05 Å². The third-order valence-electron chi connectivity index (χ3n) is 3.02. The molecule has 1 aromatic carbocycles. The Morgan fingerprint density at radius 3 is 2.45 bits per heavy atom. The van der Waals surface area contributed by atoms with E-state index in [0.717, 1.165) is 6.42 Å². The summed E-state index contributed by atoms with van der Waals surface area (Å²) in [7, 11) is 2.69. The Labute approximate surface area is 123 Å². The smallest absolute Gasteiger partial charge is 0.265 e. The van der Waals surface area contributed by atoms with Crippen molar-refractivity contribution in [3.8, 4) is 5.75 Å². The van der Waals surface area contributed by atoms with E-state index in [-0.39, 0.29) is 27.7 Å². The Morgan fingerprint density at radius 2 is 2.00 bits per heavy atom. The molecular weight excluding hydrogens is 302 g/mol. The summed E-state index contributed by atoms with van der Waals surface area (Å²) in [6.07, 6.45) is 0.746. The highest BCUT2D eigenvalue weighted by Gasteiger charge is 2.22. The van der Waals surface area contributed by atoms with Crippen molar-refractivity contribution in [3.63, 3.8) is 0 Å². The summed E-state index contributed by atoms with van der Waals surface area (Å²) in [6.45, 7) is 5.71. The molecule has 20 heavy (non-hydrogen) atoms. The number of methoxy groups -OCH3 is 1. The second-order valence-corrected chi connectivity index (χ2v) is 7.53. The van der Waals surface area contributed by atoms with Crippen molar-refractivity contribution in [1.82, 2.24) is 5.32 Å². The average Bonchev–Trinajstić information content (AvgIpc) is 2.36. The second kappa shape index (κ2) is 6.01.